The Hall–Kier alpha value is -1.85. The zero-order chi connectivity index (χ0) is 12.6. The Morgan fingerprint density at radius 2 is 1.81 bits per heavy atom. The number of nitrogens with one attached hydrogen (secondary N) is 1. The van der Waals surface area contributed by atoms with Gasteiger partial charge in [0.05, 0.1) is 0 Å². The second kappa shape index (κ2) is 7.44. The maximum Gasteiger partial charge on any atom is 0.352 e. The number of amides is 1. The maximum atomic E-state index is 11.1. The number of hydrogen-bond acceptors (Lipinski definition) is 3. The Morgan fingerprint density at radius 3 is 2.25 bits per heavy atom. The van der Waals surface area contributed by atoms with Crippen LogP contribution < -0.4 is 5.32 Å². The molecule has 0 unspecified atom stereocenters. The summed E-state index contributed by atoms with van der Waals surface area (Å²) < 4.78 is 0. The lowest BCUT2D eigenvalue weighted by Gasteiger charge is -2.04. The highest BCUT2D eigenvalue weighted by molar-refractivity contribution is 5.92. The van der Waals surface area contributed by atoms with E-state index in [1.54, 1.807) is 6.92 Å². The number of carboxylic acids is 2. The third kappa shape index (κ3) is 6.58. The Labute approximate surface area is 93.0 Å². The van der Waals surface area contributed by atoms with E-state index in [-0.39, 0.29) is 30.9 Å². The summed E-state index contributed by atoms with van der Waals surface area (Å²) in [4.78, 5) is 32.0. The SMILES string of the molecule is CCCC(=O)NC(=CCCC(=O)O)C(=O)O. The van der Waals surface area contributed by atoms with E-state index in [9.17, 15) is 14.4 Å². The number of carboxylic acid groups (broad SMARTS) is 2. The van der Waals surface area contributed by atoms with Gasteiger partial charge in [0.15, 0.2) is 0 Å². The van der Waals surface area contributed by atoms with Gasteiger partial charge in [0.25, 0.3) is 0 Å². The van der Waals surface area contributed by atoms with Crippen LogP contribution >= 0.6 is 0 Å². The number of aliphatic carboxylic acids is 2. The third-order valence-electron chi connectivity index (χ3n) is 1.69. The molecule has 0 saturated heterocycles. The van der Waals surface area contributed by atoms with Gasteiger partial charge in [-0.3, -0.25) is 9.59 Å². The molecule has 0 rings (SSSR count). The molecule has 0 aliphatic carbocycles. The average Bonchev–Trinajstić information content (AvgIpc) is 2.15. The van der Waals surface area contributed by atoms with Gasteiger partial charge in [-0.25, -0.2) is 4.79 Å². The van der Waals surface area contributed by atoms with Crippen LogP contribution in [0.3, 0.4) is 0 Å². The molecule has 0 bridgehead atoms. The molecule has 0 fully saturated rings. The first-order chi connectivity index (χ1) is 7.47. The van der Waals surface area contributed by atoms with Crippen LogP contribution in [0, 0.1) is 0 Å². The third-order valence-corrected chi connectivity index (χ3v) is 1.69. The van der Waals surface area contributed by atoms with E-state index in [4.69, 9.17) is 10.2 Å². The van der Waals surface area contributed by atoms with Crippen LogP contribution in [0.15, 0.2) is 11.8 Å². The van der Waals surface area contributed by atoms with Gasteiger partial charge in [-0.2, -0.15) is 0 Å². The first kappa shape index (κ1) is 14.2. The molecule has 0 aromatic carbocycles. The van der Waals surface area contributed by atoms with Crippen LogP contribution in [0.4, 0.5) is 0 Å². The maximum absolute atomic E-state index is 11.1. The quantitative estimate of drug-likeness (QED) is 0.558. The number of allylic oxidation sites excluding steroid dienone is 1. The molecule has 16 heavy (non-hydrogen) atoms. The molecule has 3 N–H and O–H groups in total. The van der Waals surface area contributed by atoms with Crippen molar-refractivity contribution in [2.24, 2.45) is 0 Å². The van der Waals surface area contributed by atoms with Crippen molar-refractivity contribution in [2.45, 2.75) is 32.6 Å². The molecule has 0 aromatic heterocycles. The van der Waals surface area contributed by atoms with Crippen LogP contribution in [0.5, 0.6) is 0 Å². The highest BCUT2D eigenvalue weighted by atomic mass is 16.4. The van der Waals surface area contributed by atoms with Gasteiger partial charge in [0, 0.05) is 12.8 Å². The fraction of sp³-hybridized carbons (Fsp3) is 0.500. The average molecular weight is 229 g/mol. The summed E-state index contributed by atoms with van der Waals surface area (Å²) in [5.41, 5.74) is -0.264. The summed E-state index contributed by atoms with van der Waals surface area (Å²) in [6, 6.07) is 0. The molecular formula is C10H15NO5. The highest BCUT2D eigenvalue weighted by Crippen LogP contribution is 1.98. The summed E-state index contributed by atoms with van der Waals surface area (Å²) >= 11 is 0. The van der Waals surface area contributed by atoms with Crippen LogP contribution in [0.25, 0.3) is 0 Å². The van der Waals surface area contributed by atoms with Crippen molar-refractivity contribution >= 4 is 17.8 Å². The minimum absolute atomic E-state index is 0.0728. The predicted octanol–water partition coefficient (Wildman–Crippen LogP) is 0.736. The fourth-order valence-electron chi connectivity index (χ4n) is 0.972. The molecule has 0 aliphatic rings. The minimum Gasteiger partial charge on any atom is -0.481 e. The summed E-state index contributed by atoms with van der Waals surface area (Å²) in [7, 11) is 0. The molecule has 6 nitrogen and oxygen atoms in total. The standard InChI is InChI=1S/C10H15NO5/c1-2-4-8(12)11-7(10(15)16)5-3-6-9(13)14/h5H,2-4,6H2,1H3,(H,11,12)(H,13,14)(H,15,16). The van der Waals surface area contributed by atoms with Crippen LogP contribution in [-0.2, 0) is 14.4 Å². The van der Waals surface area contributed by atoms with Crippen molar-refractivity contribution in [1.29, 1.82) is 0 Å². The van der Waals surface area contributed by atoms with Gasteiger partial charge in [-0.15, -0.1) is 0 Å². The zero-order valence-electron chi connectivity index (χ0n) is 9.02. The molecule has 90 valence electrons. The summed E-state index contributed by atoms with van der Waals surface area (Å²) in [6.45, 7) is 1.80. The Morgan fingerprint density at radius 1 is 1.19 bits per heavy atom. The number of rotatable bonds is 7. The van der Waals surface area contributed by atoms with Crippen molar-refractivity contribution in [3.63, 3.8) is 0 Å². The first-order valence-electron chi connectivity index (χ1n) is 4.92. The smallest absolute Gasteiger partial charge is 0.352 e. The number of hydrogen-bond donors (Lipinski definition) is 3. The van der Waals surface area contributed by atoms with Crippen molar-refractivity contribution in [3.05, 3.63) is 11.8 Å². The molecule has 0 heterocycles. The van der Waals surface area contributed by atoms with E-state index in [1.807, 2.05) is 0 Å². The van der Waals surface area contributed by atoms with E-state index in [1.165, 1.54) is 6.08 Å². The van der Waals surface area contributed by atoms with Gasteiger partial charge in [-0.1, -0.05) is 13.0 Å². The van der Waals surface area contributed by atoms with E-state index in [0.717, 1.165) is 0 Å². The Bertz CT molecular complexity index is 308. The van der Waals surface area contributed by atoms with E-state index < -0.39 is 11.9 Å². The van der Waals surface area contributed by atoms with Crippen molar-refractivity contribution in [3.8, 4) is 0 Å². The highest BCUT2D eigenvalue weighted by Gasteiger charge is 2.10. The first-order valence-corrected chi connectivity index (χ1v) is 4.92. The Kier molecular flexibility index (Phi) is 6.58. The van der Waals surface area contributed by atoms with Crippen molar-refractivity contribution < 1.29 is 24.6 Å². The minimum atomic E-state index is -1.27. The predicted molar refractivity (Wildman–Crippen MR) is 55.6 cm³/mol. The van der Waals surface area contributed by atoms with E-state index >= 15 is 0 Å². The summed E-state index contributed by atoms with van der Waals surface area (Å²) in [5, 5.41) is 19.3. The lowest BCUT2D eigenvalue weighted by atomic mass is 10.2. The molecule has 0 aliphatic heterocycles. The van der Waals surface area contributed by atoms with Gasteiger partial charge < -0.3 is 15.5 Å². The Balaban J connectivity index is 4.32. The van der Waals surface area contributed by atoms with E-state index in [2.05, 4.69) is 5.32 Å². The summed E-state index contributed by atoms with van der Waals surface area (Å²) in [5.74, 6) is -2.66. The largest absolute Gasteiger partial charge is 0.481 e. The fourth-order valence-corrected chi connectivity index (χ4v) is 0.972. The zero-order valence-corrected chi connectivity index (χ0v) is 9.02. The molecule has 0 atom stereocenters. The second-order valence-electron chi connectivity index (χ2n) is 3.15. The van der Waals surface area contributed by atoms with Crippen LogP contribution in [0.1, 0.15) is 32.6 Å². The molecule has 0 radical (unpaired) electrons. The van der Waals surface area contributed by atoms with Gasteiger partial charge >= 0.3 is 11.9 Å². The molecule has 0 spiro atoms. The van der Waals surface area contributed by atoms with Crippen molar-refractivity contribution in [1.82, 2.24) is 5.32 Å². The molecular weight excluding hydrogens is 214 g/mol. The monoisotopic (exact) mass is 229 g/mol. The number of carbonyl (C=O) groups is 3. The summed E-state index contributed by atoms with van der Waals surface area (Å²) in [6.07, 6.45) is 1.96. The lowest BCUT2D eigenvalue weighted by molar-refractivity contribution is -0.137. The van der Waals surface area contributed by atoms with Crippen LogP contribution in [0.2, 0.25) is 0 Å². The molecule has 1 amide bonds. The van der Waals surface area contributed by atoms with Crippen LogP contribution in [-0.4, -0.2) is 28.1 Å². The van der Waals surface area contributed by atoms with Gasteiger partial charge in [0.2, 0.25) is 5.91 Å². The molecule has 0 saturated carbocycles. The lowest BCUT2D eigenvalue weighted by Crippen LogP contribution is -2.26. The van der Waals surface area contributed by atoms with Gasteiger partial charge in [0.1, 0.15) is 5.70 Å². The van der Waals surface area contributed by atoms with E-state index in [0.29, 0.717) is 6.42 Å². The van der Waals surface area contributed by atoms with Crippen molar-refractivity contribution in [2.75, 3.05) is 0 Å². The topological polar surface area (TPSA) is 104 Å². The second-order valence-corrected chi connectivity index (χ2v) is 3.15. The number of carbonyl (C=O) groups excluding carboxylic acids is 1. The normalized spacial score (nSPS) is 10.9. The van der Waals surface area contributed by atoms with Gasteiger partial charge in [-0.05, 0) is 12.8 Å². The molecule has 6 heteroatoms. The molecule has 0 aromatic rings.